The van der Waals surface area contributed by atoms with Crippen LogP contribution in [0.25, 0.3) is 0 Å². The van der Waals surface area contributed by atoms with Crippen LogP contribution in [-0.2, 0) is 9.53 Å². The summed E-state index contributed by atoms with van der Waals surface area (Å²) in [7, 11) is 3.31. The van der Waals surface area contributed by atoms with Crippen molar-refractivity contribution in [3.63, 3.8) is 0 Å². The molecule has 6 nitrogen and oxygen atoms in total. The van der Waals surface area contributed by atoms with E-state index in [9.17, 15) is 9.59 Å². The van der Waals surface area contributed by atoms with Crippen LogP contribution in [0.5, 0.6) is 0 Å². The lowest BCUT2D eigenvalue weighted by Gasteiger charge is -2.30. The average molecular weight is 307 g/mol. The molecule has 1 atom stereocenters. The van der Waals surface area contributed by atoms with Gasteiger partial charge in [-0.05, 0) is 22.4 Å². The zero-order valence-electron chi connectivity index (χ0n) is 12.0. The number of nitrogens with zero attached hydrogens (tertiary/aromatic N) is 2. The standard InChI is InChI=1S/C14H17N3O3S/c1-16-10-7-17(4-5-20-2)13(18)11(10)12(15-14(16)19)9-3-6-21-8-9/h3,6,8,12H,4-5,7H2,1-2H3,(H,15,19)/t12-/m1/s1. The number of ether oxygens (including phenoxy) is 1. The molecule has 0 aliphatic carbocycles. The molecule has 0 spiro atoms. The molecule has 3 amide bonds. The highest BCUT2D eigenvalue weighted by atomic mass is 32.1. The lowest BCUT2D eigenvalue weighted by molar-refractivity contribution is -0.126. The molecule has 0 saturated heterocycles. The first kappa shape index (κ1) is 14.1. The number of thiophene rings is 1. The van der Waals surface area contributed by atoms with E-state index in [-0.39, 0.29) is 18.0 Å². The predicted octanol–water partition coefficient (Wildman–Crippen LogP) is 1.19. The summed E-state index contributed by atoms with van der Waals surface area (Å²) in [6.45, 7) is 1.48. The maximum absolute atomic E-state index is 12.6. The molecule has 2 aliphatic heterocycles. The lowest BCUT2D eigenvalue weighted by Crippen LogP contribution is -2.45. The highest BCUT2D eigenvalue weighted by molar-refractivity contribution is 7.08. The number of urea groups is 1. The number of nitrogens with one attached hydrogen (secondary N) is 1. The largest absolute Gasteiger partial charge is 0.383 e. The Morgan fingerprint density at radius 2 is 2.29 bits per heavy atom. The van der Waals surface area contributed by atoms with Crippen LogP contribution in [0.3, 0.4) is 0 Å². The molecule has 1 aromatic heterocycles. The predicted molar refractivity (Wildman–Crippen MR) is 78.8 cm³/mol. The molecule has 0 fully saturated rings. The summed E-state index contributed by atoms with van der Waals surface area (Å²) in [5.41, 5.74) is 2.42. The Morgan fingerprint density at radius 1 is 1.48 bits per heavy atom. The first-order valence-electron chi connectivity index (χ1n) is 6.71. The van der Waals surface area contributed by atoms with Crippen molar-refractivity contribution in [3.05, 3.63) is 33.7 Å². The monoisotopic (exact) mass is 307 g/mol. The Labute approximate surface area is 127 Å². The van der Waals surface area contributed by atoms with Gasteiger partial charge >= 0.3 is 6.03 Å². The van der Waals surface area contributed by atoms with Crippen LogP contribution >= 0.6 is 11.3 Å². The van der Waals surface area contributed by atoms with E-state index in [0.29, 0.717) is 25.3 Å². The number of methoxy groups -OCH3 is 1. The summed E-state index contributed by atoms with van der Waals surface area (Å²) in [4.78, 5) is 28.0. The molecule has 0 bridgehead atoms. The molecule has 3 heterocycles. The molecular weight excluding hydrogens is 290 g/mol. The number of hydrogen-bond acceptors (Lipinski definition) is 4. The molecule has 112 valence electrons. The lowest BCUT2D eigenvalue weighted by atomic mass is 9.98. The molecule has 1 aromatic rings. The third-order valence-corrected chi connectivity index (χ3v) is 4.58. The van der Waals surface area contributed by atoms with Gasteiger partial charge in [-0.3, -0.25) is 9.69 Å². The summed E-state index contributed by atoms with van der Waals surface area (Å²) in [6.07, 6.45) is 0. The number of carbonyl (C=O) groups is 2. The molecule has 21 heavy (non-hydrogen) atoms. The summed E-state index contributed by atoms with van der Waals surface area (Å²) in [6, 6.07) is 1.41. The SMILES string of the molecule is COCCN1CC2=C(C1=O)[C@@H](c1ccsc1)NC(=O)N2C. The Morgan fingerprint density at radius 3 is 2.95 bits per heavy atom. The molecular formula is C14H17N3O3S. The number of amides is 3. The van der Waals surface area contributed by atoms with Crippen LogP contribution < -0.4 is 5.32 Å². The van der Waals surface area contributed by atoms with Crippen LogP contribution in [0, 0.1) is 0 Å². The van der Waals surface area contributed by atoms with Crippen LogP contribution in [0.1, 0.15) is 11.6 Å². The van der Waals surface area contributed by atoms with Gasteiger partial charge in [0.15, 0.2) is 0 Å². The van der Waals surface area contributed by atoms with Gasteiger partial charge in [-0.15, -0.1) is 0 Å². The van der Waals surface area contributed by atoms with Crippen molar-refractivity contribution in [2.45, 2.75) is 6.04 Å². The number of hydrogen-bond donors (Lipinski definition) is 1. The fourth-order valence-electron chi connectivity index (χ4n) is 2.69. The molecule has 2 aliphatic rings. The van der Waals surface area contributed by atoms with E-state index < -0.39 is 0 Å². The Bertz CT molecular complexity index is 597. The maximum atomic E-state index is 12.6. The van der Waals surface area contributed by atoms with Crippen molar-refractivity contribution in [2.75, 3.05) is 33.9 Å². The molecule has 0 unspecified atom stereocenters. The maximum Gasteiger partial charge on any atom is 0.322 e. The molecule has 0 saturated carbocycles. The highest BCUT2D eigenvalue weighted by Crippen LogP contribution is 2.36. The summed E-state index contributed by atoms with van der Waals surface area (Å²) in [5, 5.41) is 6.81. The van der Waals surface area contributed by atoms with Gasteiger partial charge in [-0.1, -0.05) is 0 Å². The minimum absolute atomic E-state index is 0.0231. The fraction of sp³-hybridized carbons (Fsp3) is 0.429. The van der Waals surface area contributed by atoms with Crippen molar-refractivity contribution >= 4 is 23.3 Å². The average Bonchev–Trinajstić information content (AvgIpc) is 3.10. The van der Waals surface area contributed by atoms with Crippen molar-refractivity contribution in [3.8, 4) is 0 Å². The van der Waals surface area contributed by atoms with Gasteiger partial charge in [-0.2, -0.15) is 11.3 Å². The van der Waals surface area contributed by atoms with Crippen molar-refractivity contribution in [1.29, 1.82) is 0 Å². The topological polar surface area (TPSA) is 61.9 Å². The molecule has 3 rings (SSSR count). The Hall–Kier alpha value is -1.86. The second-order valence-electron chi connectivity index (χ2n) is 5.08. The minimum atomic E-state index is -0.352. The summed E-state index contributed by atoms with van der Waals surface area (Å²) >= 11 is 1.55. The number of carbonyl (C=O) groups excluding carboxylic acids is 2. The van der Waals surface area contributed by atoms with Gasteiger partial charge in [0.05, 0.1) is 30.5 Å². The summed E-state index contributed by atoms with van der Waals surface area (Å²) in [5.74, 6) is -0.0231. The third kappa shape index (κ3) is 2.32. The number of rotatable bonds is 4. The normalized spacial score (nSPS) is 21.9. The van der Waals surface area contributed by atoms with Crippen LogP contribution in [0.4, 0.5) is 4.79 Å². The summed E-state index contributed by atoms with van der Waals surface area (Å²) < 4.78 is 5.05. The quantitative estimate of drug-likeness (QED) is 0.909. The minimum Gasteiger partial charge on any atom is -0.383 e. The molecule has 7 heteroatoms. The van der Waals surface area contributed by atoms with Gasteiger partial charge in [0.25, 0.3) is 5.91 Å². The van der Waals surface area contributed by atoms with Gasteiger partial charge < -0.3 is 15.0 Å². The van der Waals surface area contributed by atoms with E-state index in [1.165, 1.54) is 4.90 Å². The Kier molecular flexibility index (Phi) is 3.69. The first-order chi connectivity index (χ1) is 10.1. The van der Waals surface area contributed by atoms with Gasteiger partial charge in [-0.25, -0.2) is 4.79 Å². The molecule has 0 aromatic carbocycles. The molecule has 0 radical (unpaired) electrons. The fourth-order valence-corrected chi connectivity index (χ4v) is 3.38. The second-order valence-corrected chi connectivity index (χ2v) is 5.86. The second kappa shape index (κ2) is 5.50. The van der Waals surface area contributed by atoms with E-state index in [2.05, 4.69) is 5.32 Å². The Balaban J connectivity index is 1.94. The third-order valence-electron chi connectivity index (χ3n) is 3.88. The molecule has 1 N–H and O–H groups in total. The van der Waals surface area contributed by atoms with E-state index >= 15 is 0 Å². The van der Waals surface area contributed by atoms with Crippen molar-refractivity contribution in [1.82, 2.24) is 15.1 Å². The zero-order valence-corrected chi connectivity index (χ0v) is 12.8. The smallest absolute Gasteiger partial charge is 0.322 e. The van der Waals surface area contributed by atoms with Gasteiger partial charge in [0, 0.05) is 20.7 Å². The van der Waals surface area contributed by atoms with E-state index in [0.717, 1.165) is 11.3 Å². The van der Waals surface area contributed by atoms with Crippen molar-refractivity contribution in [2.24, 2.45) is 0 Å². The number of likely N-dealkylation sites (N-methyl/N-ethyl adjacent to an activating group) is 1. The van der Waals surface area contributed by atoms with Crippen LogP contribution in [0.15, 0.2) is 28.1 Å². The van der Waals surface area contributed by atoms with Crippen LogP contribution in [-0.4, -0.2) is 55.6 Å². The van der Waals surface area contributed by atoms with E-state index in [1.54, 1.807) is 30.4 Å². The van der Waals surface area contributed by atoms with Crippen LogP contribution in [0.2, 0.25) is 0 Å². The van der Waals surface area contributed by atoms with Crippen molar-refractivity contribution < 1.29 is 14.3 Å². The highest BCUT2D eigenvalue weighted by Gasteiger charge is 2.42. The van der Waals surface area contributed by atoms with Gasteiger partial charge in [0.2, 0.25) is 0 Å². The van der Waals surface area contributed by atoms with E-state index in [4.69, 9.17) is 4.74 Å². The zero-order chi connectivity index (χ0) is 15.0. The van der Waals surface area contributed by atoms with E-state index in [1.807, 2.05) is 16.8 Å². The van der Waals surface area contributed by atoms with Gasteiger partial charge in [0.1, 0.15) is 0 Å². The first-order valence-corrected chi connectivity index (χ1v) is 7.65.